The molecule has 1 aromatic carbocycles. The summed E-state index contributed by atoms with van der Waals surface area (Å²) in [5.41, 5.74) is 4.09. The van der Waals surface area contributed by atoms with Crippen LogP contribution in [0, 0.1) is 0 Å². The van der Waals surface area contributed by atoms with Gasteiger partial charge < -0.3 is 10.1 Å². The topological polar surface area (TPSA) is 59.6 Å². The molecule has 2 N–H and O–H groups in total. The van der Waals surface area contributed by atoms with Gasteiger partial charge in [-0.15, -0.1) is 0 Å². The highest BCUT2D eigenvalue weighted by molar-refractivity contribution is 5.76. The molecule has 0 bridgehead atoms. The zero-order chi connectivity index (χ0) is 14.2. The zero-order valence-corrected chi connectivity index (χ0v) is 11.4. The molecule has 0 radical (unpaired) electrons. The van der Waals surface area contributed by atoms with Crippen molar-refractivity contribution >= 4 is 5.97 Å². The molecule has 1 aliphatic rings. The largest absolute Gasteiger partial charge is 0.460 e. The summed E-state index contributed by atoms with van der Waals surface area (Å²) in [4.78, 5) is 17.1. The number of carbonyl (C=O) groups is 1. The Labute approximate surface area is 118 Å². The van der Waals surface area contributed by atoms with Gasteiger partial charge in [0.25, 0.3) is 0 Å². The van der Waals surface area contributed by atoms with Crippen LogP contribution in [0.2, 0.25) is 0 Å². The fourth-order valence-corrected chi connectivity index (χ4v) is 2.06. The van der Waals surface area contributed by atoms with Crippen LogP contribution in [0.3, 0.4) is 0 Å². The van der Waals surface area contributed by atoms with E-state index in [1.54, 1.807) is 6.08 Å². The fourth-order valence-electron chi connectivity index (χ4n) is 2.06. The highest BCUT2D eigenvalue weighted by Crippen LogP contribution is 2.09. The minimum Gasteiger partial charge on any atom is -0.460 e. The molecule has 5 nitrogen and oxygen atoms in total. The molecule has 1 fully saturated rings. The third-order valence-electron chi connectivity index (χ3n) is 3.09. The van der Waals surface area contributed by atoms with Crippen molar-refractivity contribution < 1.29 is 14.4 Å². The molecule has 20 heavy (non-hydrogen) atoms. The maximum absolute atomic E-state index is 11.6. The maximum atomic E-state index is 11.6. The van der Waals surface area contributed by atoms with Gasteiger partial charge in [0.15, 0.2) is 0 Å². The molecule has 2 atom stereocenters. The van der Waals surface area contributed by atoms with Crippen LogP contribution in [-0.2, 0) is 21.0 Å². The summed E-state index contributed by atoms with van der Waals surface area (Å²) in [7, 11) is 0. The van der Waals surface area contributed by atoms with E-state index in [0.29, 0.717) is 19.6 Å². The lowest BCUT2D eigenvalue weighted by molar-refractivity contribution is -0.144. The average molecular weight is 276 g/mol. The summed E-state index contributed by atoms with van der Waals surface area (Å²) in [6.45, 7) is 4.95. The second kappa shape index (κ2) is 7.79. The van der Waals surface area contributed by atoms with Gasteiger partial charge in [-0.3, -0.25) is 9.63 Å². The van der Waals surface area contributed by atoms with E-state index in [9.17, 15) is 4.79 Å². The molecule has 5 heteroatoms. The van der Waals surface area contributed by atoms with Crippen molar-refractivity contribution in [1.29, 1.82) is 0 Å². The third kappa shape index (κ3) is 4.45. The zero-order valence-electron chi connectivity index (χ0n) is 11.4. The minimum absolute atomic E-state index is 0.111. The molecular formula is C15H20N2O3. The molecule has 0 unspecified atom stereocenters. The van der Waals surface area contributed by atoms with Gasteiger partial charge >= 0.3 is 5.97 Å². The lowest BCUT2D eigenvalue weighted by Gasteiger charge is -2.12. The predicted molar refractivity (Wildman–Crippen MR) is 75.7 cm³/mol. The highest BCUT2D eigenvalue weighted by atomic mass is 16.6. The summed E-state index contributed by atoms with van der Waals surface area (Å²) >= 11 is 0. The molecular weight excluding hydrogens is 256 g/mol. The molecule has 0 spiro atoms. The van der Waals surface area contributed by atoms with E-state index in [-0.39, 0.29) is 24.7 Å². The van der Waals surface area contributed by atoms with E-state index in [2.05, 4.69) is 17.4 Å². The Hall–Kier alpha value is -1.69. The van der Waals surface area contributed by atoms with Gasteiger partial charge in [0, 0.05) is 12.6 Å². The van der Waals surface area contributed by atoms with Crippen LogP contribution in [0.25, 0.3) is 0 Å². The first kappa shape index (κ1) is 14.7. The van der Waals surface area contributed by atoms with E-state index in [0.717, 1.165) is 5.56 Å². The molecule has 1 heterocycles. The standard InChI is InChI=1S/C15H20N2O3/c1-2-8-19-15(18)14-9-13(10-16-14)17-20-11-12-6-4-3-5-7-12/h2-7,13-14,16-17H,1,8-11H2/t13-,14+/m1/s1. The smallest absolute Gasteiger partial charge is 0.323 e. The maximum Gasteiger partial charge on any atom is 0.323 e. The number of nitrogens with one attached hydrogen (secondary N) is 2. The van der Waals surface area contributed by atoms with Crippen LogP contribution >= 0.6 is 0 Å². The predicted octanol–water partition coefficient (Wildman–Crippen LogP) is 1.17. The monoisotopic (exact) mass is 276 g/mol. The quantitative estimate of drug-likeness (QED) is 0.445. The lowest BCUT2D eigenvalue weighted by Crippen LogP contribution is -2.32. The van der Waals surface area contributed by atoms with Crippen molar-refractivity contribution in [2.24, 2.45) is 0 Å². The number of carbonyl (C=O) groups excluding carboxylic acids is 1. The summed E-state index contributed by atoms with van der Waals surface area (Å²) in [5.74, 6) is -0.239. The molecule has 108 valence electrons. The molecule has 0 saturated carbocycles. The van der Waals surface area contributed by atoms with Crippen LogP contribution < -0.4 is 10.8 Å². The third-order valence-corrected chi connectivity index (χ3v) is 3.09. The molecule has 1 aromatic rings. The van der Waals surface area contributed by atoms with Crippen molar-refractivity contribution in [3.63, 3.8) is 0 Å². The number of ether oxygens (including phenoxy) is 1. The average Bonchev–Trinajstić information content (AvgIpc) is 2.95. The van der Waals surface area contributed by atoms with Gasteiger partial charge in [-0.25, -0.2) is 0 Å². The Kier molecular flexibility index (Phi) is 5.73. The summed E-state index contributed by atoms with van der Waals surface area (Å²) in [6.07, 6.45) is 2.22. The number of esters is 1. The van der Waals surface area contributed by atoms with Crippen molar-refractivity contribution in [2.45, 2.75) is 25.1 Å². The fraction of sp³-hybridized carbons (Fsp3) is 0.400. The molecule has 1 aliphatic heterocycles. The van der Waals surface area contributed by atoms with E-state index in [1.165, 1.54) is 0 Å². The van der Waals surface area contributed by atoms with Crippen LogP contribution in [0.15, 0.2) is 43.0 Å². The van der Waals surface area contributed by atoms with Gasteiger partial charge in [-0.05, 0) is 12.0 Å². The molecule has 0 aliphatic carbocycles. The van der Waals surface area contributed by atoms with Gasteiger partial charge in [-0.2, -0.15) is 5.48 Å². The molecule has 0 amide bonds. The van der Waals surface area contributed by atoms with Crippen LogP contribution in [0.1, 0.15) is 12.0 Å². The first-order valence-electron chi connectivity index (χ1n) is 6.71. The van der Waals surface area contributed by atoms with Crippen molar-refractivity contribution in [2.75, 3.05) is 13.2 Å². The number of hydroxylamine groups is 1. The Balaban J connectivity index is 1.66. The van der Waals surface area contributed by atoms with Crippen LogP contribution in [-0.4, -0.2) is 31.2 Å². The van der Waals surface area contributed by atoms with Crippen molar-refractivity contribution in [3.8, 4) is 0 Å². The van der Waals surface area contributed by atoms with Crippen LogP contribution in [0.5, 0.6) is 0 Å². The van der Waals surface area contributed by atoms with E-state index >= 15 is 0 Å². The lowest BCUT2D eigenvalue weighted by atomic mass is 10.2. The summed E-state index contributed by atoms with van der Waals surface area (Å²) in [6, 6.07) is 9.77. The summed E-state index contributed by atoms with van der Waals surface area (Å²) < 4.78 is 5.01. The van der Waals surface area contributed by atoms with Gasteiger partial charge in [-0.1, -0.05) is 43.0 Å². The van der Waals surface area contributed by atoms with Gasteiger partial charge in [0.2, 0.25) is 0 Å². The number of rotatable bonds is 7. The first-order chi connectivity index (χ1) is 9.79. The van der Waals surface area contributed by atoms with Crippen molar-refractivity contribution in [3.05, 3.63) is 48.6 Å². The Morgan fingerprint density at radius 1 is 1.45 bits per heavy atom. The molecule has 0 aromatic heterocycles. The van der Waals surface area contributed by atoms with Gasteiger partial charge in [0.05, 0.1) is 6.61 Å². The highest BCUT2D eigenvalue weighted by Gasteiger charge is 2.30. The number of hydrogen-bond donors (Lipinski definition) is 2. The summed E-state index contributed by atoms with van der Waals surface area (Å²) in [5, 5.41) is 3.11. The Bertz CT molecular complexity index is 436. The van der Waals surface area contributed by atoms with E-state index < -0.39 is 0 Å². The normalized spacial score (nSPS) is 21.6. The number of hydrogen-bond acceptors (Lipinski definition) is 5. The molecule has 1 saturated heterocycles. The Morgan fingerprint density at radius 2 is 2.25 bits per heavy atom. The molecule has 2 rings (SSSR count). The number of benzene rings is 1. The van der Waals surface area contributed by atoms with E-state index in [4.69, 9.17) is 9.57 Å². The van der Waals surface area contributed by atoms with Crippen LogP contribution in [0.4, 0.5) is 0 Å². The second-order valence-corrected chi connectivity index (χ2v) is 4.70. The van der Waals surface area contributed by atoms with Crippen molar-refractivity contribution in [1.82, 2.24) is 10.8 Å². The first-order valence-corrected chi connectivity index (χ1v) is 6.71. The SMILES string of the molecule is C=CCOC(=O)[C@@H]1C[C@@H](NOCc2ccccc2)CN1. The Morgan fingerprint density at radius 3 is 3.00 bits per heavy atom. The second-order valence-electron chi connectivity index (χ2n) is 4.70. The minimum atomic E-state index is -0.271. The van der Waals surface area contributed by atoms with E-state index in [1.807, 2.05) is 30.3 Å². The van der Waals surface area contributed by atoms with Gasteiger partial charge in [0.1, 0.15) is 12.6 Å².